The lowest BCUT2D eigenvalue weighted by atomic mass is 9.95. The zero-order valence-corrected chi connectivity index (χ0v) is 21.8. The molecule has 0 radical (unpaired) electrons. The van der Waals surface area contributed by atoms with Gasteiger partial charge in [0.1, 0.15) is 5.82 Å². The van der Waals surface area contributed by atoms with Crippen LogP contribution in [-0.2, 0) is 19.6 Å². The molecule has 1 heterocycles. The van der Waals surface area contributed by atoms with Crippen LogP contribution in [0.5, 0.6) is 0 Å². The molecule has 0 aliphatic rings. The second kappa shape index (κ2) is 12.2. The molecule has 0 bridgehead atoms. The van der Waals surface area contributed by atoms with E-state index in [0.29, 0.717) is 28.9 Å². The molecule has 8 nitrogen and oxygen atoms in total. The average molecular weight is 508 g/mol. The Kier molecular flexibility index (Phi) is 9.91. The van der Waals surface area contributed by atoms with Crippen molar-refractivity contribution in [3.63, 3.8) is 0 Å². The van der Waals surface area contributed by atoms with Gasteiger partial charge in [-0.1, -0.05) is 32.9 Å². The van der Waals surface area contributed by atoms with Crippen LogP contribution in [0.4, 0.5) is 10.3 Å². The monoisotopic (exact) mass is 507 g/mol. The molecular formula is C25H34FN3O5S. The third kappa shape index (κ3) is 8.10. The quantitative estimate of drug-likeness (QED) is 0.455. The predicted molar refractivity (Wildman–Crippen MR) is 135 cm³/mol. The van der Waals surface area contributed by atoms with Crippen molar-refractivity contribution in [1.82, 2.24) is 9.97 Å². The van der Waals surface area contributed by atoms with Crippen molar-refractivity contribution in [2.75, 3.05) is 24.2 Å². The van der Waals surface area contributed by atoms with Gasteiger partial charge >= 0.3 is 5.97 Å². The largest absolute Gasteiger partial charge is 0.466 e. The van der Waals surface area contributed by atoms with Gasteiger partial charge in [-0.15, -0.1) is 0 Å². The molecule has 0 aliphatic heterocycles. The number of hydrogen-bond acceptors (Lipinski definition) is 7. The molecule has 2 atom stereocenters. The molecule has 0 fully saturated rings. The van der Waals surface area contributed by atoms with Crippen LogP contribution in [0.15, 0.2) is 30.3 Å². The molecule has 1 aromatic carbocycles. The molecule has 35 heavy (non-hydrogen) atoms. The molecule has 0 amide bonds. The number of anilines is 1. The summed E-state index contributed by atoms with van der Waals surface area (Å²) in [5, 5.41) is 10.2. The molecule has 2 rings (SSSR count). The SMILES string of the molecule is CCOC(=O)C[C@H](O)C[C@H](C)/C=C/c1c(-c2ccc(F)cc2)nc(N(C)S(C)(=O)=O)nc1C(C)C. The number of rotatable bonds is 11. The highest BCUT2D eigenvalue weighted by molar-refractivity contribution is 7.92. The van der Waals surface area contributed by atoms with Gasteiger partial charge in [0.25, 0.3) is 0 Å². The summed E-state index contributed by atoms with van der Waals surface area (Å²) in [5.74, 6) is -1.00. The van der Waals surface area contributed by atoms with Crippen LogP contribution in [0.3, 0.4) is 0 Å². The number of ether oxygens (including phenoxy) is 1. The maximum absolute atomic E-state index is 13.6. The Balaban J connectivity index is 2.51. The van der Waals surface area contributed by atoms with Crippen LogP contribution < -0.4 is 4.31 Å². The first kappa shape index (κ1) is 28.4. The van der Waals surface area contributed by atoms with Gasteiger partial charge in [0.05, 0.1) is 36.8 Å². The average Bonchev–Trinajstić information content (AvgIpc) is 2.76. The number of aliphatic hydroxyl groups excluding tert-OH is 1. The second-order valence-corrected chi connectivity index (χ2v) is 10.8. The number of allylic oxidation sites excluding steroid dienone is 1. The van der Waals surface area contributed by atoms with E-state index < -0.39 is 27.9 Å². The van der Waals surface area contributed by atoms with Crippen molar-refractivity contribution in [1.29, 1.82) is 0 Å². The van der Waals surface area contributed by atoms with Crippen molar-refractivity contribution in [2.45, 2.75) is 52.6 Å². The first-order valence-corrected chi connectivity index (χ1v) is 13.3. The van der Waals surface area contributed by atoms with Gasteiger partial charge in [-0.25, -0.2) is 27.1 Å². The fourth-order valence-corrected chi connectivity index (χ4v) is 3.84. The molecule has 192 valence electrons. The fourth-order valence-electron chi connectivity index (χ4n) is 3.46. The molecule has 0 unspecified atom stereocenters. The fraction of sp³-hybridized carbons (Fsp3) is 0.480. The molecule has 2 aromatic rings. The number of esters is 1. The van der Waals surface area contributed by atoms with Crippen molar-refractivity contribution in [3.05, 3.63) is 47.4 Å². The van der Waals surface area contributed by atoms with E-state index in [0.717, 1.165) is 10.6 Å². The number of sulfonamides is 1. The first-order valence-electron chi connectivity index (χ1n) is 11.5. The van der Waals surface area contributed by atoms with Crippen molar-refractivity contribution in [2.24, 2.45) is 5.92 Å². The van der Waals surface area contributed by atoms with Crippen LogP contribution in [-0.4, -0.2) is 55.5 Å². The molecule has 10 heteroatoms. The minimum Gasteiger partial charge on any atom is -0.466 e. The standard InChI is InChI=1S/C25H34FN3O5S/c1-7-34-22(31)15-20(30)14-17(4)8-13-21-23(16(2)3)27-25(29(5)35(6,32)33)28-24(21)18-9-11-19(26)12-10-18/h8-13,16-17,20,30H,7,14-15H2,1-6H3/b13-8+/t17-,20-/m1/s1. The lowest BCUT2D eigenvalue weighted by Crippen LogP contribution is -2.27. The summed E-state index contributed by atoms with van der Waals surface area (Å²) in [7, 11) is -2.22. The normalized spacial score (nSPS) is 13.7. The maximum atomic E-state index is 13.6. The van der Waals surface area contributed by atoms with E-state index in [2.05, 4.69) is 9.97 Å². The van der Waals surface area contributed by atoms with Crippen LogP contribution in [0.25, 0.3) is 17.3 Å². The van der Waals surface area contributed by atoms with E-state index in [9.17, 15) is 22.7 Å². The second-order valence-electron chi connectivity index (χ2n) is 8.80. The van der Waals surface area contributed by atoms with E-state index in [1.807, 2.05) is 32.9 Å². The highest BCUT2D eigenvalue weighted by atomic mass is 32.2. The number of hydrogen-bond donors (Lipinski definition) is 1. The highest BCUT2D eigenvalue weighted by Crippen LogP contribution is 2.32. The maximum Gasteiger partial charge on any atom is 0.308 e. The van der Waals surface area contributed by atoms with E-state index in [1.54, 1.807) is 19.1 Å². The Labute approximate surface area is 206 Å². The van der Waals surface area contributed by atoms with Gasteiger partial charge in [-0.05, 0) is 49.4 Å². The molecule has 0 saturated heterocycles. The number of aliphatic hydroxyl groups is 1. The summed E-state index contributed by atoms with van der Waals surface area (Å²) in [6.07, 6.45) is 4.19. The van der Waals surface area contributed by atoms with E-state index in [-0.39, 0.29) is 30.8 Å². The lowest BCUT2D eigenvalue weighted by molar-refractivity contribution is -0.145. The zero-order chi connectivity index (χ0) is 26.3. The van der Waals surface area contributed by atoms with Crippen LogP contribution in [0.1, 0.15) is 57.7 Å². The van der Waals surface area contributed by atoms with Crippen molar-refractivity contribution in [3.8, 4) is 11.3 Å². The third-order valence-corrected chi connectivity index (χ3v) is 6.51. The summed E-state index contributed by atoms with van der Waals surface area (Å²) in [4.78, 5) is 20.7. The minimum absolute atomic E-state index is 0.0191. The molecule has 1 aromatic heterocycles. The molecule has 0 saturated carbocycles. The van der Waals surface area contributed by atoms with Crippen LogP contribution in [0, 0.1) is 11.7 Å². The first-order chi connectivity index (χ1) is 16.3. The predicted octanol–water partition coefficient (Wildman–Crippen LogP) is 4.16. The smallest absolute Gasteiger partial charge is 0.308 e. The number of aromatic nitrogens is 2. The summed E-state index contributed by atoms with van der Waals surface area (Å²) in [6, 6.07) is 5.79. The van der Waals surface area contributed by atoms with Gasteiger partial charge in [0.15, 0.2) is 0 Å². The summed E-state index contributed by atoms with van der Waals surface area (Å²) in [5.41, 5.74) is 2.36. The van der Waals surface area contributed by atoms with Gasteiger partial charge < -0.3 is 9.84 Å². The molecule has 0 aliphatic carbocycles. The van der Waals surface area contributed by atoms with Gasteiger partial charge in [-0.2, -0.15) is 0 Å². The van der Waals surface area contributed by atoms with E-state index >= 15 is 0 Å². The Bertz CT molecular complexity index is 1150. The van der Waals surface area contributed by atoms with E-state index in [1.165, 1.54) is 19.2 Å². The number of benzene rings is 1. The van der Waals surface area contributed by atoms with E-state index in [4.69, 9.17) is 4.74 Å². The molecule has 1 N–H and O–H groups in total. The Morgan fingerprint density at radius 1 is 1.20 bits per heavy atom. The Hall–Kier alpha value is -2.85. The van der Waals surface area contributed by atoms with Crippen molar-refractivity contribution < 1.29 is 27.4 Å². The summed E-state index contributed by atoms with van der Waals surface area (Å²) >= 11 is 0. The number of carbonyl (C=O) groups excluding carboxylic acids is 1. The van der Waals surface area contributed by atoms with Crippen LogP contribution in [0.2, 0.25) is 0 Å². The molecular weight excluding hydrogens is 473 g/mol. The topological polar surface area (TPSA) is 110 Å². The summed E-state index contributed by atoms with van der Waals surface area (Å²) < 4.78 is 43.8. The Morgan fingerprint density at radius 3 is 2.37 bits per heavy atom. The van der Waals surface area contributed by atoms with Crippen LogP contribution >= 0.6 is 0 Å². The third-order valence-electron chi connectivity index (χ3n) is 5.35. The van der Waals surface area contributed by atoms with Gasteiger partial charge in [0.2, 0.25) is 16.0 Å². The summed E-state index contributed by atoms with van der Waals surface area (Å²) in [6.45, 7) is 7.75. The lowest BCUT2D eigenvalue weighted by Gasteiger charge is -2.20. The number of carbonyl (C=O) groups is 1. The van der Waals surface area contributed by atoms with Crippen molar-refractivity contribution >= 4 is 28.0 Å². The number of halogens is 1. The number of nitrogens with zero attached hydrogens (tertiary/aromatic N) is 3. The molecule has 0 spiro atoms. The Morgan fingerprint density at radius 2 is 1.83 bits per heavy atom. The minimum atomic E-state index is -3.61. The zero-order valence-electron chi connectivity index (χ0n) is 21.0. The van der Waals surface area contributed by atoms with Gasteiger partial charge in [0, 0.05) is 18.2 Å². The highest BCUT2D eigenvalue weighted by Gasteiger charge is 2.22. The van der Waals surface area contributed by atoms with Gasteiger partial charge in [-0.3, -0.25) is 4.79 Å².